The second-order valence-corrected chi connectivity index (χ2v) is 8.74. The molecule has 2 heterocycles. The molecular weight excluding hydrogens is 374 g/mol. The van der Waals surface area contributed by atoms with Gasteiger partial charge in [-0.1, -0.05) is 37.8 Å². The minimum atomic E-state index is -0.0262. The summed E-state index contributed by atoms with van der Waals surface area (Å²) in [5, 5.41) is 3.30. The van der Waals surface area contributed by atoms with E-state index in [0.717, 1.165) is 31.4 Å². The highest BCUT2D eigenvalue weighted by molar-refractivity contribution is 5.94. The Morgan fingerprint density at radius 1 is 1.10 bits per heavy atom. The lowest BCUT2D eigenvalue weighted by Gasteiger charge is -2.22. The van der Waals surface area contributed by atoms with Gasteiger partial charge in [0.05, 0.1) is 0 Å². The SMILES string of the molecule is O=C(N[C@H](Cc1ccncc1)CC1CCCC1)c1cccc(CN2CCCC2=O)c1. The van der Waals surface area contributed by atoms with E-state index >= 15 is 0 Å². The molecule has 4 rings (SSSR count). The molecule has 1 N–H and O–H groups in total. The van der Waals surface area contributed by atoms with Crippen LogP contribution in [-0.2, 0) is 17.8 Å². The van der Waals surface area contributed by atoms with Crippen molar-refractivity contribution in [3.63, 3.8) is 0 Å². The molecular formula is C25H31N3O2. The summed E-state index contributed by atoms with van der Waals surface area (Å²) in [6.45, 7) is 1.40. The highest BCUT2D eigenvalue weighted by atomic mass is 16.2. The number of likely N-dealkylation sites (tertiary alicyclic amines) is 1. The monoisotopic (exact) mass is 405 g/mol. The smallest absolute Gasteiger partial charge is 0.251 e. The Hall–Kier alpha value is -2.69. The zero-order valence-corrected chi connectivity index (χ0v) is 17.6. The van der Waals surface area contributed by atoms with Crippen LogP contribution in [0.2, 0.25) is 0 Å². The molecule has 1 atom stereocenters. The molecule has 0 radical (unpaired) electrons. The van der Waals surface area contributed by atoms with E-state index in [2.05, 4.69) is 10.3 Å². The van der Waals surface area contributed by atoms with Crippen LogP contribution in [0.5, 0.6) is 0 Å². The van der Waals surface area contributed by atoms with Crippen molar-refractivity contribution in [2.75, 3.05) is 6.54 Å². The van der Waals surface area contributed by atoms with E-state index in [0.29, 0.717) is 24.4 Å². The zero-order valence-electron chi connectivity index (χ0n) is 17.6. The summed E-state index contributed by atoms with van der Waals surface area (Å²) in [6, 6.07) is 11.9. The molecule has 2 amide bonds. The summed E-state index contributed by atoms with van der Waals surface area (Å²) in [5.41, 5.74) is 2.89. The maximum atomic E-state index is 13.1. The highest BCUT2D eigenvalue weighted by Gasteiger charge is 2.23. The van der Waals surface area contributed by atoms with E-state index < -0.39 is 0 Å². The van der Waals surface area contributed by atoms with E-state index in [1.807, 2.05) is 53.7 Å². The van der Waals surface area contributed by atoms with Gasteiger partial charge in [-0.3, -0.25) is 14.6 Å². The molecule has 1 saturated heterocycles. The van der Waals surface area contributed by atoms with Gasteiger partial charge in [-0.15, -0.1) is 0 Å². The number of rotatable bonds is 8. The van der Waals surface area contributed by atoms with Crippen LogP contribution in [0.25, 0.3) is 0 Å². The van der Waals surface area contributed by atoms with Crippen LogP contribution in [0, 0.1) is 5.92 Å². The molecule has 5 nitrogen and oxygen atoms in total. The Labute approximate surface area is 178 Å². The van der Waals surface area contributed by atoms with Crippen LogP contribution in [0.1, 0.15) is 66.4 Å². The molecule has 1 aliphatic carbocycles. The summed E-state index contributed by atoms with van der Waals surface area (Å²) < 4.78 is 0. The van der Waals surface area contributed by atoms with Gasteiger partial charge < -0.3 is 10.2 Å². The molecule has 1 aliphatic heterocycles. The van der Waals surface area contributed by atoms with Gasteiger partial charge in [0.15, 0.2) is 0 Å². The van der Waals surface area contributed by atoms with Crippen LogP contribution in [-0.4, -0.2) is 34.3 Å². The predicted molar refractivity (Wildman–Crippen MR) is 117 cm³/mol. The average Bonchev–Trinajstić information content (AvgIpc) is 3.41. The molecule has 0 spiro atoms. The van der Waals surface area contributed by atoms with Crippen molar-refractivity contribution in [3.05, 3.63) is 65.5 Å². The number of nitrogens with one attached hydrogen (secondary N) is 1. The maximum absolute atomic E-state index is 13.1. The lowest BCUT2D eigenvalue weighted by atomic mass is 9.94. The lowest BCUT2D eigenvalue weighted by Crippen LogP contribution is -2.37. The van der Waals surface area contributed by atoms with Crippen molar-refractivity contribution in [3.8, 4) is 0 Å². The summed E-state index contributed by atoms with van der Waals surface area (Å²) in [5.74, 6) is 0.880. The van der Waals surface area contributed by atoms with Crippen molar-refractivity contribution in [2.24, 2.45) is 5.92 Å². The first kappa shape index (κ1) is 20.6. The molecule has 1 aromatic carbocycles. The Morgan fingerprint density at radius 3 is 2.63 bits per heavy atom. The van der Waals surface area contributed by atoms with Gasteiger partial charge in [-0.2, -0.15) is 0 Å². The van der Waals surface area contributed by atoms with Crippen molar-refractivity contribution < 1.29 is 9.59 Å². The first-order chi connectivity index (χ1) is 14.7. The van der Waals surface area contributed by atoms with E-state index in [1.54, 1.807) is 0 Å². The van der Waals surface area contributed by atoms with Crippen molar-refractivity contribution in [1.29, 1.82) is 0 Å². The third-order valence-electron chi connectivity index (χ3n) is 6.39. The lowest BCUT2D eigenvalue weighted by molar-refractivity contribution is -0.128. The molecule has 158 valence electrons. The van der Waals surface area contributed by atoms with E-state index in [4.69, 9.17) is 0 Å². The third-order valence-corrected chi connectivity index (χ3v) is 6.39. The number of pyridine rings is 1. The number of benzene rings is 1. The highest BCUT2D eigenvalue weighted by Crippen LogP contribution is 2.29. The molecule has 30 heavy (non-hydrogen) atoms. The topological polar surface area (TPSA) is 62.3 Å². The van der Waals surface area contributed by atoms with Gasteiger partial charge in [0, 0.05) is 43.5 Å². The number of hydrogen-bond donors (Lipinski definition) is 1. The Bertz CT molecular complexity index is 862. The van der Waals surface area contributed by atoms with Crippen LogP contribution < -0.4 is 5.32 Å². The molecule has 1 aromatic heterocycles. The minimum Gasteiger partial charge on any atom is -0.349 e. The number of carbonyl (C=O) groups excluding carboxylic acids is 2. The van der Waals surface area contributed by atoms with Crippen molar-refractivity contribution >= 4 is 11.8 Å². The van der Waals surface area contributed by atoms with Crippen molar-refractivity contribution in [2.45, 2.75) is 64.0 Å². The number of nitrogens with zero attached hydrogens (tertiary/aromatic N) is 2. The third kappa shape index (κ3) is 5.47. The number of amides is 2. The largest absolute Gasteiger partial charge is 0.349 e. The summed E-state index contributed by atoms with van der Waals surface area (Å²) >= 11 is 0. The Morgan fingerprint density at radius 2 is 1.90 bits per heavy atom. The number of aromatic nitrogens is 1. The van der Waals surface area contributed by atoms with Crippen LogP contribution in [0.15, 0.2) is 48.8 Å². The van der Waals surface area contributed by atoms with Gasteiger partial charge in [0.2, 0.25) is 5.91 Å². The molecule has 2 aromatic rings. The number of hydrogen-bond acceptors (Lipinski definition) is 3. The number of carbonyl (C=O) groups is 2. The fraction of sp³-hybridized carbons (Fsp3) is 0.480. The van der Waals surface area contributed by atoms with Gasteiger partial charge in [-0.25, -0.2) is 0 Å². The van der Waals surface area contributed by atoms with Gasteiger partial charge >= 0.3 is 0 Å². The fourth-order valence-electron chi connectivity index (χ4n) is 4.82. The molecule has 0 bridgehead atoms. The fourth-order valence-corrected chi connectivity index (χ4v) is 4.82. The second kappa shape index (κ2) is 9.88. The summed E-state index contributed by atoms with van der Waals surface area (Å²) in [4.78, 5) is 31.0. The van der Waals surface area contributed by atoms with Crippen LogP contribution in [0.4, 0.5) is 0 Å². The van der Waals surface area contributed by atoms with Crippen LogP contribution >= 0.6 is 0 Å². The quantitative estimate of drug-likeness (QED) is 0.718. The van der Waals surface area contributed by atoms with Gasteiger partial charge in [0.25, 0.3) is 5.91 Å². The molecule has 2 fully saturated rings. The normalized spacial score (nSPS) is 18.0. The van der Waals surface area contributed by atoms with Crippen molar-refractivity contribution in [1.82, 2.24) is 15.2 Å². The first-order valence-corrected chi connectivity index (χ1v) is 11.2. The Balaban J connectivity index is 1.43. The van der Waals surface area contributed by atoms with E-state index in [-0.39, 0.29) is 17.9 Å². The first-order valence-electron chi connectivity index (χ1n) is 11.2. The molecule has 0 unspecified atom stereocenters. The minimum absolute atomic E-state index is 0.0262. The second-order valence-electron chi connectivity index (χ2n) is 8.74. The summed E-state index contributed by atoms with van der Waals surface area (Å²) in [7, 11) is 0. The Kier molecular flexibility index (Phi) is 6.77. The summed E-state index contributed by atoms with van der Waals surface area (Å²) in [6.07, 6.45) is 12.2. The molecule has 1 saturated carbocycles. The van der Waals surface area contributed by atoms with Gasteiger partial charge in [-0.05, 0) is 60.6 Å². The average molecular weight is 406 g/mol. The van der Waals surface area contributed by atoms with E-state index in [9.17, 15) is 9.59 Å². The van der Waals surface area contributed by atoms with Crippen LogP contribution in [0.3, 0.4) is 0 Å². The molecule has 5 heteroatoms. The predicted octanol–water partition coefficient (Wildman–Crippen LogP) is 4.13. The zero-order chi connectivity index (χ0) is 20.8. The standard InChI is InChI=1S/C25H31N3O2/c29-24-9-4-14-28(24)18-21-7-3-8-22(15-21)25(30)27-23(16-19-5-1-2-6-19)17-20-10-12-26-13-11-20/h3,7-8,10-13,15,19,23H,1-2,4-6,9,14,16-18H2,(H,27,30)/t23-/m0/s1. The molecule has 2 aliphatic rings. The maximum Gasteiger partial charge on any atom is 0.251 e. The van der Waals surface area contributed by atoms with Gasteiger partial charge in [0.1, 0.15) is 0 Å². The van der Waals surface area contributed by atoms with E-state index in [1.165, 1.54) is 31.2 Å².